The summed E-state index contributed by atoms with van der Waals surface area (Å²) in [6.45, 7) is 7.06. The summed E-state index contributed by atoms with van der Waals surface area (Å²) in [5, 5.41) is 6.51. The summed E-state index contributed by atoms with van der Waals surface area (Å²) < 4.78 is 12.1. The second kappa shape index (κ2) is 13.9. The van der Waals surface area contributed by atoms with Gasteiger partial charge in [-0.2, -0.15) is 0 Å². The number of aliphatic imine (C=N–C) groups is 1. The van der Waals surface area contributed by atoms with Gasteiger partial charge < -0.3 is 20.1 Å². The molecule has 1 aromatic carbocycles. The SMILES string of the molecule is CCOCCCNC(=NC)NCC(C)Oc1ccccc1Br.I. The van der Waals surface area contributed by atoms with Crippen LogP contribution in [0.15, 0.2) is 33.7 Å². The van der Waals surface area contributed by atoms with Gasteiger partial charge in [-0.05, 0) is 48.3 Å². The van der Waals surface area contributed by atoms with Crippen LogP contribution in [-0.2, 0) is 4.74 Å². The van der Waals surface area contributed by atoms with E-state index in [9.17, 15) is 0 Å². The second-order valence-corrected chi connectivity index (χ2v) is 5.64. The fraction of sp³-hybridized carbons (Fsp3) is 0.562. The molecule has 7 heteroatoms. The number of hydrogen-bond acceptors (Lipinski definition) is 3. The van der Waals surface area contributed by atoms with Crippen molar-refractivity contribution in [2.45, 2.75) is 26.4 Å². The standard InChI is InChI=1S/C16H26BrN3O2.HI/c1-4-21-11-7-10-19-16(18-3)20-12-13(2)22-15-9-6-5-8-14(15)17;/h5-6,8-9,13H,4,7,10-12H2,1-3H3,(H2,18,19,20);1H. The molecule has 0 spiro atoms. The molecule has 1 atom stereocenters. The molecule has 2 N–H and O–H groups in total. The van der Waals surface area contributed by atoms with Crippen molar-refractivity contribution in [2.75, 3.05) is 33.4 Å². The Morgan fingerprint density at radius 2 is 2.04 bits per heavy atom. The fourth-order valence-corrected chi connectivity index (χ4v) is 2.16. The van der Waals surface area contributed by atoms with Crippen molar-refractivity contribution < 1.29 is 9.47 Å². The van der Waals surface area contributed by atoms with Crippen LogP contribution in [0, 0.1) is 0 Å². The van der Waals surface area contributed by atoms with Crippen LogP contribution >= 0.6 is 39.9 Å². The van der Waals surface area contributed by atoms with Crippen molar-refractivity contribution >= 4 is 45.9 Å². The number of nitrogens with zero attached hydrogens (tertiary/aromatic N) is 1. The number of para-hydroxylation sites is 1. The van der Waals surface area contributed by atoms with Crippen LogP contribution in [0.5, 0.6) is 5.75 Å². The average molecular weight is 500 g/mol. The van der Waals surface area contributed by atoms with E-state index in [0.717, 1.165) is 42.4 Å². The Balaban J connectivity index is 0.00000484. The average Bonchev–Trinajstić information content (AvgIpc) is 2.52. The Labute approximate surface area is 164 Å². The van der Waals surface area contributed by atoms with Gasteiger partial charge in [0.25, 0.3) is 0 Å². The molecule has 0 amide bonds. The number of ether oxygens (including phenoxy) is 2. The van der Waals surface area contributed by atoms with Gasteiger partial charge in [-0.1, -0.05) is 12.1 Å². The molecule has 0 saturated heterocycles. The summed E-state index contributed by atoms with van der Waals surface area (Å²) in [4.78, 5) is 4.19. The highest BCUT2D eigenvalue weighted by atomic mass is 127. The summed E-state index contributed by atoms with van der Waals surface area (Å²) >= 11 is 3.48. The Morgan fingerprint density at radius 1 is 1.30 bits per heavy atom. The first-order valence-corrected chi connectivity index (χ1v) is 8.40. The summed E-state index contributed by atoms with van der Waals surface area (Å²) in [6, 6.07) is 7.84. The molecule has 0 aliphatic carbocycles. The highest BCUT2D eigenvalue weighted by Gasteiger charge is 2.07. The number of halogens is 2. The van der Waals surface area contributed by atoms with E-state index in [2.05, 4.69) is 31.6 Å². The van der Waals surface area contributed by atoms with Gasteiger partial charge in [0.1, 0.15) is 11.9 Å². The van der Waals surface area contributed by atoms with Gasteiger partial charge in [0.2, 0.25) is 0 Å². The summed E-state index contributed by atoms with van der Waals surface area (Å²) in [7, 11) is 1.76. The maximum Gasteiger partial charge on any atom is 0.191 e. The van der Waals surface area contributed by atoms with E-state index < -0.39 is 0 Å². The monoisotopic (exact) mass is 499 g/mol. The zero-order valence-corrected chi connectivity index (χ0v) is 17.9. The molecule has 0 fully saturated rings. The predicted molar refractivity (Wildman–Crippen MR) is 110 cm³/mol. The predicted octanol–water partition coefficient (Wildman–Crippen LogP) is 3.43. The summed E-state index contributed by atoms with van der Waals surface area (Å²) in [5.41, 5.74) is 0. The van der Waals surface area contributed by atoms with Gasteiger partial charge in [-0.3, -0.25) is 4.99 Å². The lowest BCUT2D eigenvalue weighted by Gasteiger charge is -2.18. The number of benzene rings is 1. The number of guanidine groups is 1. The van der Waals surface area contributed by atoms with Gasteiger partial charge >= 0.3 is 0 Å². The Kier molecular flexibility index (Phi) is 13.5. The first kappa shape index (κ1) is 22.5. The van der Waals surface area contributed by atoms with Crippen molar-refractivity contribution in [3.05, 3.63) is 28.7 Å². The third-order valence-electron chi connectivity index (χ3n) is 2.91. The lowest BCUT2D eigenvalue weighted by atomic mass is 10.3. The molecule has 1 aromatic rings. The zero-order valence-electron chi connectivity index (χ0n) is 14.0. The van der Waals surface area contributed by atoms with Crippen molar-refractivity contribution in [3.8, 4) is 5.75 Å². The van der Waals surface area contributed by atoms with E-state index in [4.69, 9.17) is 9.47 Å². The Morgan fingerprint density at radius 3 is 2.70 bits per heavy atom. The minimum Gasteiger partial charge on any atom is -0.488 e. The van der Waals surface area contributed by atoms with E-state index in [1.54, 1.807) is 7.05 Å². The third kappa shape index (κ3) is 10.0. The molecule has 0 bridgehead atoms. The van der Waals surface area contributed by atoms with Crippen molar-refractivity contribution in [3.63, 3.8) is 0 Å². The molecule has 1 rings (SSSR count). The number of rotatable bonds is 9. The maximum atomic E-state index is 5.89. The fourth-order valence-electron chi connectivity index (χ4n) is 1.79. The molecule has 0 heterocycles. The van der Waals surface area contributed by atoms with Crippen LogP contribution in [0.2, 0.25) is 0 Å². The highest BCUT2D eigenvalue weighted by Crippen LogP contribution is 2.24. The lowest BCUT2D eigenvalue weighted by Crippen LogP contribution is -2.42. The van der Waals surface area contributed by atoms with Crippen LogP contribution in [0.4, 0.5) is 0 Å². The molecule has 0 aliphatic heterocycles. The largest absolute Gasteiger partial charge is 0.488 e. The summed E-state index contributed by atoms with van der Waals surface area (Å²) in [5.74, 6) is 1.62. The molecule has 5 nitrogen and oxygen atoms in total. The Hall–Kier alpha value is -0.540. The quantitative estimate of drug-likeness (QED) is 0.236. The first-order valence-electron chi connectivity index (χ1n) is 7.60. The zero-order chi connectivity index (χ0) is 16.2. The van der Waals surface area contributed by atoms with Crippen LogP contribution in [0.25, 0.3) is 0 Å². The number of hydrogen-bond donors (Lipinski definition) is 2. The highest BCUT2D eigenvalue weighted by molar-refractivity contribution is 14.0. The second-order valence-electron chi connectivity index (χ2n) is 4.79. The molecule has 0 aromatic heterocycles. The van der Waals surface area contributed by atoms with Crippen molar-refractivity contribution in [1.82, 2.24) is 10.6 Å². The molecular weight excluding hydrogens is 473 g/mol. The normalized spacial score (nSPS) is 12.3. The molecule has 0 aliphatic rings. The van der Waals surface area contributed by atoms with Crippen molar-refractivity contribution in [2.24, 2.45) is 4.99 Å². The van der Waals surface area contributed by atoms with E-state index in [-0.39, 0.29) is 30.1 Å². The van der Waals surface area contributed by atoms with Crippen molar-refractivity contribution in [1.29, 1.82) is 0 Å². The van der Waals surface area contributed by atoms with E-state index in [0.29, 0.717) is 6.54 Å². The van der Waals surface area contributed by atoms with Gasteiger partial charge in [-0.25, -0.2) is 0 Å². The topological polar surface area (TPSA) is 54.9 Å². The summed E-state index contributed by atoms with van der Waals surface area (Å²) in [6.07, 6.45) is 0.984. The first-order chi connectivity index (χ1) is 10.7. The molecule has 1 unspecified atom stereocenters. The molecule has 132 valence electrons. The van der Waals surface area contributed by atoms with Gasteiger partial charge in [-0.15, -0.1) is 24.0 Å². The Bertz CT molecular complexity index is 461. The van der Waals surface area contributed by atoms with Gasteiger partial charge in [0.15, 0.2) is 5.96 Å². The van der Waals surface area contributed by atoms with Crippen LogP contribution in [-0.4, -0.2) is 45.4 Å². The van der Waals surface area contributed by atoms with Crippen LogP contribution in [0.1, 0.15) is 20.3 Å². The van der Waals surface area contributed by atoms with E-state index in [1.165, 1.54) is 0 Å². The van der Waals surface area contributed by atoms with Gasteiger partial charge in [0, 0.05) is 26.8 Å². The van der Waals surface area contributed by atoms with E-state index >= 15 is 0 Å². The molecule has 0 saturated carbocycles. The smallest absolute Gasteiger partial charge is 0.191 e. The minimum absolute atomic E-state index is 0. The molecule has 23 heavy (non-hydrogen) atoms. The number of nitrogens with one attached hydrogen (secondary N) is 2. The maximum absolute atomic E-state index is 5.89. The minimum atomic E-state index is 0. The third-order valence-corrected chi connectivity index (χ3v) is 3.56. The van der Waals surface area contributed by atoms with E-state index in [1.807, 2.05) is 38.1 Å². The van der Waals surface area contributed by atoms with Gasteiger partial charge in [0.05, 0.1) is 11.0 Å². The lowest BCUT2D eigenvalue weighted by molar-refractivity contribution is 0.145. The van der Waals surface area contributed by atoms with Crippen LogP contribution < -0.4 is 15.4 Å². The molecule has 0 radical (unpaired) electrons. The molecular formula is C16H27BrIN3O2. The van der Waals surface area contributed by atoms with Crippen LogP contribution in [0.3, 0.4) is 0 Å².